The Morgan fingerprint density at radius 3 is 2.88 bits per heavy atom. The van der Waals surface area contributed by atoms with Crippen LogP contribution in [0.25, 0.3) is 0 Å². The van der Waals surface area contributed by atoms with Gasteiger partial charge in [0.25, 0.3) is 0 Å². The first-order valence-corrected chi connectivity index (χ1v) is 7.09. The highest BCUT2D eigenvalue weighted by Gasteiger charge is 2.16. The van der Waals surface area contributed by atoms with E-state index in [0.717, 1.165) is 6.54 Å². The molecule has 1 aromatic heterocycles. The lowest BCUT2D eigenvalue weighted by molar-refractivity contribution is 0.628. The van der Waals surface area contributed by atoms with Gasteiger partial charge in [-0.3, -0.25) is 0 Å². The summed E-state index contributed by atoms with van der Waals surface area (Å²) in [5.41, 5.74) is 0. The van der Waals surface area contributed by atoms with Crippen molar-refractivity contribution in [3.8, 4) is 0 Å². The Labute approximate surface area is 110 Å². The lowest BCUT2D eigenvalue weighted by Gasteiger charge is -2.13. The van der Waals surface area contributed by atoms with Crippen LogP contribution in [0.2, 0.25) is 5.28 Å². The maximum Gasteiger partial charge on any atom is 0.230 e. The molecule has 0 aliphatic carbocycles. The second-order valence-electron chi connectivity index (χ2n) is 4.23. The number of nitrogens with one attached hydrogen (secondary N) is 1. The molecule has 0 bridgehead atoms. The highest BCUT2D eigenvalue weighted by Crippen LogP contribution is 2.23. The van der Waals surface area contributed by atoms with Gasteiger partial charge in [-0.05, 0) is 35.4 Å². The maximum absolute atomic E-state index is 5.86. The van der Waals surface area contributed by atoms with Crippen LogP contribution in [0.15, 0.2) is 0 Å². The van der Waals surface area contributed by atoms with E-state index in [9.17, 15) is 0 Å². The largest absolute Gasteiger partial charge is 0.354 e. The molecule has 0 saturated carbocycles. The van der Waals surface area contributed by atoms with Crippen molar-refractivity contribution in [2.45, 2.75) is 6.42 Å². The molecule has 0 amide bonds. The molecule has 94 valence electrons. The molecule has 0 aromatic carbocycles. The van der Waals surface area contributed by atoms with Crippen molar-refractivity contribution in [2.24, 2.45) is 5.92 Å². The summed E-state index contributed by atoms with van der Waals surface area (Å²) in [4.78, 5) is 14.2. The number of rotatable bonds is 4. The van der Waals surface area contributed by atoms with Crippen molar-refractivity contribution >= 4 is 35.3 Å². The zero-order chi connectivity index (χ0) is 12.3. The van der Waals surface area contributed by atoms with Crippen LogP contribution in [0.3, 0.4) is 0 Å². The summed E-state index contributed by atoms with van der Waals surface area (Å²) in [6, 6.07) is 0. The third-order valence-electron chi connectivity index (χ3n) is 2.57. The zero-order valence-corrected chi connectivity index (χ0v) is 11.6. The van der Waals surface area contributed by atoms with Gasteiger partial charge in [-0.25, -0.2) is 0 Å². The van der Waals surface area contributed by atoms with Crippen LogP contribution in [0.1, 0.15) is 6.42 Å². The molecule has 1 fully saturated rings. The number of anilines is 2. The molecule has 1 unspecified atom stereocenters. The lowest BCUT2D eigenvalue weighted by Crippen LogP contribution is -2.18. The molecule has 2 rings (SSSR count). The third-order valence-corrected chi connectivity index (χ3v) is 3.97. The van der Waals surface area contributed by atoms with E-state index in [2.05, 4.69) is 20.3 Å². The van der Waals surface area contributed by atoms with E-state index in [-0.39, 0.29) is 5.28 Å². The summed E-state index contributed by atoms with van der Waals surface area (Å²) in [7, 11) is 3.76. The van der Waals surface area contributed by atoms with Gasteiger partial charge in [0, 0.05) is 20.6 Å². The summed E-state index contributed by atoms with van der Waals surface area (Å²) >= 11 is 7.86. The minimum atomic E-state index is 0.229. The van der Waals surface area contributed by atoms with E-state index in [0.29, 0.717) is 17.8 Å². The van der Waals surface area contributed by atoms with Gasteiger partial charge in [-0.2, -0.15) is 26.7 Å². The number of hydrogen-bond acceptors (Lipinski definition) is 6. The molecule has 5 nitrogen and oxygen atoms in total. The minimum absolute atomic E-state index is 0.229. The van der Waals surface area contributed by atoms with E-state index < -0.39 is 0 Å². The zero-order valence-electron chi connectivity index (χ0n) is 9.98. The van der Waals surface area contributed by atoms with Crippen LogP contribution in [0.4, 0.5) is 11.9 Å². The van der Waals surface area contributed by atoms with Gasteiger partial charge in [-0.15, -0.1) is 0 Å². The van der Waals surface area contributed by atoms with Crippen LogP contribution in [-0.2, 0) is 0 Å². The molecule has 1 N–H and O–H groups in total. The van der Waals surface area contributed by atoms with Crippen LogP contribution in [0, 0.1) is 5.92 Å². The fourth-order valence-corrected chi connectivity index (χ4v) is 3.04. The SMILES string of the molecule is CN(C)c1nc(Cl)nc(NCC2CCSC2)n1. The summed E-state index contributed by atoms with van der Waals surface area (Å²) in [5, 5.41) is 3.46. The summed E-state index contributed by atoms with van der Waals surface area (Å²) in [6.45, 7) is 0.903. The third kappa shape index (κ3) is 3.61. The predicted octanol–water partition coefficient (Wildman–Crippen LogP) is 1.76. The van der Waals surface area contributed by atoms with Crippen molar-refractivity contribution in [3.05, 3.63) is 5.28 Å². The van der Waals surface area contributed by atoms with Crippen molar-refractivity contribution in [1.82, 2.24) is 15.0 Å². The molecule has 0 radical (unpaired) electrons. The molecule has 1 atom stereocenters. The highest BCUT2D eigenvalue weighted by molar-refractivity contribution is 7.99. The number of halogens is 1. The number of thioether (sulfide) groups is 1. The Bertz CT molecular complexity index is 381. The fraction of sp³-hybridized carbons (Fsp3) is 0.700. The highest BCUT2D eigenvalue weighted by atomic mass is 35.5. The number of hydrogen-bond donors (Lipinski definition) is 1. The number of aromatic nitrogens is 3. The Morgan fingerprint density at radius 1 is 1.41 bits per heavy atom. The summed E-state index contributed by atoms with van der Waals surface area (Å²) in [6.07, 6.45) is 1.26. The van der Waals surface area contributed by atoms with Gasteiger partial charge < -0.3 is 10.2 Å². The first-order chi connectivity index (χ1) is 8.15. The van der Waals surface area contributed by atoms with Crippen LogP contribution in [-0.4, -0.2) is 47.1 Å². The summed E-state index contributed by atoms with van der Waals surface area (Å²) in [5.74, 6) is 4.32. The molecule has 0 spiro atoms. The molecule has 1 aromatic rings. The van der Waals surface area contributed by atoms with E-state index in [1.165, 1.54) is 17.9 Å². The Morgan fingerprint density at radius 2 is 2.24 bits per heavy atom. The van der Waals surface area contributed by atoms with Gasteiger partial charge in [-0.1, -0.05) is 0 Å². The van der Waals surface area contributed by atoms with Gasteiger partial charge in [0.05, 0.1) is 0 Å². The van der Waals surface area contributed by atoms with Crippen LogP contribution >= 0.6 is 23.4 Å². The van der Waals surface area contributed by atoms with E-state index in [4.69, 9.17) is 11.6 Å². The quantitative estimate of drug-likeness (QED) is 0.902. The molecule has 1 aliphatic heterocycles. The van der Waals surface area contributed by atoms with Gasteiger partial charge in [0.15, 0.2) is 0 Å². The Balaban J connectivity index is 1.99. The smallest absolute Gasteiger partial charge is 0.230 e. The Hall–Kier alpha value is -0.750. The second-order valence-corrected chi connectivity index (χ2v) is 5.72. The molecular weight excluding hydrogens is 258 g/mol. The van der Waals surface area contributed by atoms with Crippen LogP contribution in [0.5, 0.6) is 0 Å². The normalized spacial score (nSPS) is 19.4. The average Bonchev–Trinajstić information content (AvgIpc) is 2.78. The van der Waals surface area contributed by atoms with E-state index >= 15 is 0 Å². The lowest BCUT2D eigenvalue weighted by atomic mass is 10.1. The average molecular weight is 274 g/mol. The molecule has 2 heterocycles. The molecule has 7 heteroatoms. The molecule has 1 aliphatic rings. The van der Waals surface area contributed by atoms with E-state index in [1.807, 2.05) is 30.8 Å². The van der Waals surface area contributed by atoms with Gasteiger partial charge in [0.1, 0.15) is 0 Å². The standard InChI is InChI=1S/C10H16ClN5S/c1-16(2)10-14-8(11)13-9(15-10)12-5-7-3-4-17-6-7/h7H,3-6H2,1-2H3,(H,12,13,14,15). The maximum atomic E-state index is 5.86. The predicted molar refractivity (Wildman–Crippen MR) is 73.1 cm³/mol. The number of nitrogens with zero attached hydrogens (tertiary/aromatic N) is 4. The van der Waals surface area contributed by atoms with Crippen molar-refractivity contribution < 1.29 is 0 Å². The topological polar surface area (TPSA) is 53.9 Å². The first-order valence-electron chi connectivity index (χ1n) is 5.55. The van der Waals surface area contributed by atoms with Crippen LogP contribution < -0.4 is 10.2 Å². The minimum Gasteiger partial charge on any atom is -0.354 e. The van der Waals surface area contributed by atoms with Gasteiger partial charge >= 0.3 is 0 Å². The molecule has 1 saturated heterocycles. The molecule has 17 heavy (non-hydrogen) atoms. The monoisotopic (exact) mass is 273 g/mol. The second kappa shape index (κ2) is 5.73. The molecular formula is C10H16ClN5S. The Kier molecular flexibility index (Phi) is 4.28. The van der Waals surface area contributed by atoms with Crippen molar-refractivity contribution in [2.75, 3.05) is 42.4 Å². The van der Waals surface area contributed by atoms with Gasteiger partial charge in [0.2, 0.25) is 17.2 Å². The first kappa shape index (κ1) is 12.7. The van der Waals surface area contributed by atoms with E-state index in [1.54, 1.807) is 0 Å². The fourth-order valence-electron chi connectivity index (χ4n) is 1.60. The summed E-state index contributed by atoms with van der Waals surface area (Å²) < 4.78 is 0. The van der Waals surface area contributed by atoms with Crippen molar-refractivity contribution in [1.29, 1.82) is 0 Å². The van der Waals surface area contributed by atoms with Crippen molar-refractivity contribution in [3.63, 3.8) is 0 Å².